The number of carbonyl (C=O) groups is 1. The van der Waals surface area contributed by atoms with Gasteiger partial charge in [-0.1, -0.05) is 18.2 Å². The number of H-pyrrole nitrogens is 1. The molecule has 0 atom stereocenters. The monoisotopic (exact) mass is 216 g/mol. The van der Waals surface area contributed by atoms with Gasteiger partial charge in [0.1, 0.15) is 5.78 Å². The Balaban J connectivity index is 2.53. The van der Waals surface area contributed by atoms with Gasteiger partial charge in [0.2, 0.25) is 0 Å². The average Bonchev–Trinajstić information content (AvgIpc) is 2.64. The first-order chi connectivity index (χ1) is 7.68. The van der Waals surface area contributed by atoms with Crippen molar-refractivity contribution in [2.75, 3.05) is 0 Å². The zero-order chi connectivity index (χ0) is 11.5. The summed E-state index contributed by atoms with van der Waals surface area (Å²) in [4.78, 5) is 25.2. The fourth-order valence-corrected chi connectivity index (χ4v) is 1.67. The van der Waals surface area contributed by atoms with Crippen LogP contribution in [0.15, 0.2) is 41.5 Å². The summed E-state index contributed by atoms with van der Waals surface area (Å²) in [5.41, 5.74) is 1.41. The highest BCUT2D eigenvalue weighted by atomic mass is 16.1. The van der Waals surface area contributed by atoms with Gasteiger partial charge in [-0.3, -0.25) is 9.36 Å². The van der Waals surface area contributed by atoms with Crippen LogP contribution in [0.25, 0.3) is 5.69 Å². The molecule has 1 heterocycles. The van der Waals surface area contributed by atoms with Crippen LogP contribution in [-0.2, 0) is 11.2 Å². The molecule has 0 saturated heterocycles. The molecule has 0 saturated carbocycles. The van der Waals surface area contributed by atoms with Gasteiger partial charge in [0, 0.05) is 18.8 Å². The Labute approximate surface area is 92.5 Å². The lowest BCUT2D eigenvalue weighted by atomic mass is 10.1. The number of imidazole rings is 1. The predicted molar refractivity (Wildman–Crippen MR) is 60.8 cm³/mol. The van der Waals surface area contributed by atoms with Crippen molar-refractivity contribution in [3.8, 4) is 5.69 Å². The molecule has 0 spiro atoms. The SMILES string of the molecule is CC(=O)Cc1ccccc1-n1cc[nH]c1=O. The van der Waals surface area contributed by atoms with Crippen molar-refractivity contribution in [1.82, 2.24) is 9.55 Å². The fourth-order valence-electron chi connectivity index (χ4n) is 1.67. The van der Waals surface area contributed by atoms with Crippen LogP contribution in [-0.4, -0.2) is 15.3 Å². The predicted octanol–water partition coefficient (Wildman–Crippen LogP) is 1.30. The number of para-hydroxylation sites is 1. The van der Waals surface area contributed by atoms with Gasteiger partial charge in [-0.25, -0.2) is 4.79 Å². The number of aromatic amines is 1. The van der Waals surface area contributed by atoms with Gasteiger partial charge < -0.3 is 4.98 Å². The van der Waals surface area contributed by atoms with Crippen molar-refractivity contribution in [1.29, 1.82) is 0 Å². The highest BCUT2D eigenvalue weighted by Gasteiger charge is 2.07. The minimum Gasteiger partial charge on any atom is -0.312 e. The van der Waals surface area contributed by atoms with Crippen LogP contribution >= 0.6 is 0 Å². The molecule has 4 nitrogen and oxygen atoms in total. The lowest BCUT2D eigenvalue weighted by Crippen LogP contribution is -2.16. The maximum atomic E-state index is 11.5. The van der Waals surface area contributed by atoms with Gasteiger partial charge in [0.05, 0.1) is 5.69 Å². The van der Waals surface area contributed by atoms with Crippen molar-refractivity contribution >= 4 is 5.78 Å². The lowest BCUT2D eigenvalue weighted by Gasteiger charge is -2.07. The molecule has 1 aromatic carbocycles. The normalized spacial score (nSPS) is 10.3. The number of Topliss-reactive ketones (excluding diaryl/α,β-unsaturated/α-hetero) is 1. The second-order valence-corrected chi connectivity index (χ2v) is 3.64. The highest BCUT2D eigenvalue weighted by Crippen LogP contribution is 2.13. The molecule has 1 aromatic heterocycles. The number of hydrogen-bond donors (Lipinski definition) is 1. The van der Waals surface area contributed by atoms with E-state index in [4.69, 9.17) is 0 Å². The molecular formula is C12H12N2O2. The molecule has 16 heavy (non-hydrogen) atoms. The Kier molecular flexibility index (Phi) is 2.72. The zero-order valence-electron chi connectivity index (χ0n) is 8.93. The molecule has 0 aliphatic rings. The summed E-state index contributed by atoms with van der Waals surface area (Å²) in [6, 6.07) is 7.39. The summed E-state index contributed by atoms with van der Waals surface area (Å²) in [6.45, 7) is 1.54. The Morgan fingerprint density at radius 3 is 2.75 bits per heavy atom. The summed E-state index contributed by atoms with van der Waals surface area (Å²) >= 11 is 0. The number of benzene rings is 1. The molecule has 0 bridgehead atoms. The van der Waals surface area contributed by atoms with E-state index in [9.17, 15) is 9.59 Å². The summed E-state index contributed by atoms with van der Waals surface area (Å²) < 4.78 is 1.50. The largest absolute Gasteiger partial charge is 0.330 e. The van der Waals surface area contributed by atoms with Crippen LogP contribution in [0.4, 0.5) is 0 Å². The molecular weight excluding hydrogens is 204 g/mol. The van der Waals surface area contributed by atoms with Crippen molar-refractivity contribution in [2.45, 2.75) is 13.3 Å². The van der Waals surface area contributed by atoms with E-state index < -0.39 is 0 Å². The minimum absolute atomic E-state index is 0.0797. The van der Waals surface area contributed by atoms with Crippen LogP contribution in [0.1, 0.15) is 12.5 Å². The van der Waals surface area contributed by atoms with E-state index in [0.29, 0.717) is 6.42 Å². The number of hydrogen-bond acceptors (Lipinski definition) is 2. The number of nitrogens with one attached hydrogen (secondary N) is 1. The van der Waals surface area contributed by atoms with Crippen molar-refractivity contribution in [2.24, 2.45) is 0 Å². The molecule has 0 aliphatic heterocycles. The Morgan fingerprint density at radius 1 is 1.38 bits per heavy atom. The fraction of sp³-hybridized carbons (Fsp3) is 0.167. The minimum atomic E-state index is -0.198. The maximum absolute atomic E-state index is 11.5. The molecule has 0 fully saturated rings. The molecule has 4 heteroatoms. The molecule has 2 aromatic rings. The van der Waals surface area contributed by atoms with Gasteiger partial charge in [0.25, 0.3) is 0 Å². The molecule has 0 amide bonds. The van der Waals surface area contributed by atoms with E-state index in [2.05, 4.69) is 4.98 Å². The average molecular weight is 216 g/mol. The number of aromatic nitrogens is 2. The number of rotatable bonds is 3. The van der Waals surface area contributed by atoms with Crippen LogP contribution in [0.2, 0.25) is 0 Å². The summed E-state index contributed by atoms with van der Waals surface area (Å²) in [5.74, 6) is 0.0797. The van der Waals surface area contributed by atoms with Crippen molar-refractivity contribution < 1.29 is 4.79 Å². The topological polar surface area (TPSA) is 54.9 Å². The number of ketones is 1. The van der Waals surface area contributed by atoms with Gasteiger partial charge in [0.15, 0.2) is 0 Å². The number of nitrogens with zero attached hydrogens (tertiary/aromatic N) is 1. The van der Waals surface area contributed by atoms with E-state index >= 15 is 0 Å². The summed E-state index contributed by atoms with van der Waals surface area (Å²) in [5, 5.41) is 0. The van der Waals surface area contributed by atoms with Crippen LogP contribution in [0, 0.1) is 0 Å². The Hall–Kier alpha value is -2.10. The molecule has 2 rings (SSSR count). The third-order valence-corrected chi connectivity index (χ3v) is 2.34. The second kappa shape index (κ2) is 4.18. The first kappa shape index (κ1) is 10.4. The standard InChI is InChI=1S/C12H12N2O2/c1-9(15)8-10-4-2-3-5-11(10)14-7-6-13-12(14)16/h2-7H,8H2,1H3,(H,13,16). The molecule has 0 unspecified atom stereocenters. The van der Waals surface area contributed by atoms with E-state index in [1.54, 1.807) is 12.4 Å². The molecule has 0 radical (unpaired) electrons. The van der Waals surface area contributed by atoms with E-state index in [1.807, 2.05) is 24.3 Å². The van der Waals surface area contributed by atoms with E-state index in [-0.39, 0.29) is 11.5 Å². The van der Waals surface area contributed by atoms with E-state index in [1.165, 1.54) is 11.5 Å². The lowest BCUT2D eigenvalue weighted by molar-refractivity contribution is -0.116. The first-order valence-electron chi connectivity index (χ1n) is 5.02. The maximum Gasteiger partial charge on any atom is 0.330 e. The summed E-state index contributed by atoms with van der Waals surface area (Å²) in [6.07, 6.45) is 3.57. The third kappa shape index (κ3) is 1.95. The van der Waals surface area contributed by atoms with Gasteiger partial charge >= 0.3 is 5.69 Å². The van der Waals surface area contributed by atoms with Gasteiger partial charge in [-0.2, -0.15) is 0 Å². The third-order valence-electron chi connectivity index (χ3n) is 2.34. The van der Waals surface area contributed by atoms with Crippen LogP contribution < -0.4 is 5.69 Å². The Bertz CT molecular complexity index is 566. The first-order valence-corrected chi connectivity index (χ1v) is 5.02. The van der Waals surface area contributed by atoms with Gasteiger partial charge in [-0.15, -0.1) is 0 Å². The van der Waals surface area contributed by atoms with Crippen LogP contribution in [0.5, 0.6) is 0 Å². The highest BCUT2D eigenvalue weighted by molar-refractivity contribution is 5.79. The van der Waals surface area contributed by atoms with Gasteiger partial charge in [-0.05, 0) is 18.6 Å². The molecule has 82 valence electrons. The smallest absolute Gasteiger partial charge is 0.312 e. The Morgan fingerprint density at radius 2 is 2.12 bits per heavy atom. The second-order valence-electron chi connectivity index (χ2n) is 3.64. The number of carbonyl (C=O) groups excluding carboxylic acids is 1. The van der Waals surface area contributed by atoms with Crippen LogP contribution in [0.3, 0.4) is 0 Å². The molecule has 0 aliphatic carbocycles. The molecule has 1 N–H and O–H groups in total. The summed E-state index contributed by atoms with van der Waals surface area (Å²) in [7, 11) is 0. The van der Waals surface area contributed by atoms with Crippen molar-refractivity contribution in [3.63, 3.8) is 0 Å². The van der Waals surface area contributed by atoms with Crippen molar-refractivity contribution in [3.05, 3.63) is 52.7 Å². The quantitative estimate of drug-likeness (QED) is 0.840. The van der Waals surface area contributed by atoms with E-state index in [0.717, 1.165) is 11.3 Å². The zero-order valence-corrected chi connectivity index (χ0v) is 8.93.